The van der Waals surface area contributed by atoms with Crippen molar-refractivity contribution in [1.29, 1.82) is 0 Å². The van der Waals surface area contributed by atoms with Gasteiger partial charge in [0.15, 0.2) is 11.5 Å². The van der Waals surface area contributed by atoms with Crippen LogP contribution in [0.2, 0.25) is 0 Å². The van der Waals surface area contributed by atoms with Crippen molar-refractivity contribution in [2.24, 2.45) is 0 Å². The van der Waals surface area contributed by atoms with E-state index in [-0.39, 0.29) is 0 Å². The van der Waals surface area contributed by atoms with Crippen LogP contribution in [0.15, 0.2) is 53.8 Å². The second-order valence-corrected chi connectivity index (χ2v) is 6.31. The van der Waals surface area contributed by atoms with Crippen molar-refractivity contribution in [3.63, 3.8) is 0 Å². The van der Waals surface area contributed by atoms with Gasteiger partial charge in [0.2, 0.25) is 5.75 Å². The van der Waals surface area contributed by atoms with Crippen LogP contribution in [0.25, 0.3) is 11.3 Å². The lowest BCUT2D eigenvalue weighted by Gasteiger charge is -2.13. The van der Waals surface area contributed by atoms with E-state index in [4.69, 9.17) is 14.2 Å². The second kappa shape index (κ2) is 8.53. The van der Waals surface area contributed by atoms with E-state index in [9.17, 15) is 0 Å². The molecule has 0 unspecified atom stereocenters. The van der Waals surface area contributed by atoms with Crippen molar-refractivity contribution < 1.29 is 14.2 Å². The molecule has 2 aromatic heterocycles. The highest BCUT2D eigenvalue weighted by Crippen LogP contribution is 2.40. The molecule has 0 aliphatic carbocycles. The van der Waals surface area contributed by atoms with Crippen LogP contribution in [0.4, 0.5) is 0 Å². The van der Waals surface area contributed by atoms with Gasteiger partial charge in [-0.1, -0.05) is 11.8 Å². The van der Waals surface area contributed by atoms with Crippen molar-refractivity contribution in [2.75, 3.05) is 21.3 Å². The summed E-state index contributed by atoms with van der Waals surface area (Å²) < 4.78 is 16.1. The van der Waals surface area contributed by atoms with Gasteiger partial charge in [-0.2, -0.15) is 0 Å². The highest BCUT2D eigenvalue weighted by Gasteiger charge is 2.15. The third-order valence-corrected chi connectivity index (χ3v) is 4.73. The zero-order valence-corrected chi connectivity index (χ0v) is 15.6. The summed E-state index contributed by atoms with van der Waals surface area (Å²) >= 11 is 1.63. The standard InChI is InChI=1S/C19H19N3O3S/c1-23-16-10-14(11-17(24-2)19(16)25-3)15-4-5-18(22-21-15)26-12-13-6-8-20-9-7-13/h4-11H,12H2,1-3H3. The van der Waals surface area contributed by atoms with Crippen LogP contribution >= 0.6 is 11.8 Å². The molecule has 0 spiro atoms. The lowest BCUT2D eigenvalue weighted by Crippen LogP contribution is -1.97. The molecule has 0 aliphatic heterocycles. The van der Waals surface area contributed by atoms with Crippen LogP contribution in [0, 0.1) is 0 Å². The number of pyridine rings is 1. The predicted molar refractivity (Wildman–Crippen MR) is 101 cm³/mol. The second-order valence-electron chi connectivity index (χ2n) is 5.31. The fourth-order valence-corrected chi connectivity index (χ4v) is 3.19. The topological polar surface area (TPSA) is 66.4 Å². The number of hydrogen-bond acceptors (Lipinski definition) is 7. The molecule has 0 saturated carbocycles. The van der Waals surface area contributed by atoms with Gasteiger partial charge in [-0.3, -0.25) is 4.98 Å². The number of hydrogen-bond donors (Lipinski definition) is 0. The van der Waals surface area contributed by atoms with Crippen LogP contribution in [0.1, 0.15) is 5.56 Å². The molecule has 0 radical (unpaired) electrons. The van der Waals surface area contributed by atoms with Gasteiger partial charge in [0, 0.05) is 23.7 Å². The van der Waals surface area contributed by atoms with E-state index >= 15 is 0 Å². The summed E-state index contributed by atoms with van der Waals surface area (Å²) in [5.74, 6) is 2.54. The minimum atomic E-state index is 0.552. The quantitative estimate of drug-likeness (QED) is 0.586. The average molecular weight is 369 g/mol. The first-order valence-corrected chi connectivity index (χ1v) is 8.89. The molecule has 0 bridgehead atoms. The van der Waals surface area contributed by atoms with Crippen molar-refractivity contribution in [3.05, 3.63) is 54.4 Å². The molecule has 0 amide bonds. The van der Waals surface area contributed by atoms with E-state index in [1.807, 2.05) is 36.4 Å². The minimum absolute atomic E-state index is 0.552. The van der Waals surface area contributed by atoms with Crippen molar-refractivity contribution >= 4 is 11.8 Å². The Morgan fingerprint density at radius 1 is 0.846 bits per heavy atom. The van der Waals surface area contributed by atoms with E-state index in [1.54, 1.807) is 45.5 Å². The van der Waals surface area contributed by atoms with Gasteiger partial charge in [0.1, 0.15) is 5.03 Å². The van der Waals surface area contributed by atoms with E-state index in [2.05, 4.69) is 15.2 Å². The molecule has 134 valence electrons. The summed E-state index contributed by atoms with van der Waals surface area (Å²) in [5.41, 5.74) is 2.77. The van der Waals surface area contributed by atoms with Crippen molar-refractivity contribution in [3.8, 4) is 28.5 Å². The highest BCUT2D eigenvalue weighted by atomic mass is 32.2. The molecule has 1 aromatic carbocycles. The summed E-state index contributed by atoms with van der Waals surface area (Å²) in [7, 11) is 4.76. The minimum Gasteiger partial charge on any atom is -0.493 e. The van der Waals surface area contributed by atoms with Crippen LogP contribution in [0.5, 0.6) is 17.2 Å². The molecular formula is C19H19N3O3S. The number of aromatic nitrogens is 3. The van der Waals surface area contributed by atoms with Crippen LogP contribution < -0.4 is 14.2 Å². The smallest absolute Gasteiger partial charge is 0.203 e. The van der Waals surface area contributed by atoms with E-state index in [0.29, 0.717) is 17.2 Å². The number of benzene rings is 1. The molecule has 2 heterocycles. The van der Waals surface area contributed by atoms with Gasteiger partial charge in [-0.25, -0.2) is 0 Å². The highest BCUT2D eigenvalue weighted by molar-refractivity contribution is 7.98. The van der Waals surface area contributed by atoms with E-state index in [0.717, 1.165) is 22.0 Å². The molecule has 3 aromatic rings. The fraction of sp³-hybridized carbons (Fsp3) is 0.211. The Labute approximate surface area is 156 Å². The molecular weight excluding hydrogens is 350 g/mol. The lowest BCUT2D eigenvalue weighted by molar-refractivity contribution is 0.324. The number of methoxy groups -OCH3 is 3. The van der Waals surface area contributed by atoms with E-state index < -0.39 is 0 Å². The number of rotatable bonds is 7. The molecule has 0 N–H and O–H groups in total. The molecule has 0 saturated heterocycles. The zero-order valence-electron chi connectivity index (χ0n) is 14.8. The zero-order chi connectivity index (χ0) is 18.4. The Morgan fingerprint density at radius 2 is 1.54 bits per heavy atom. The summed E-state index contributed by atoms with van der Waals surface area (Å²) in [6.45, 7) is 0. The average Bonchev–Trinajstić information content (AvgIpc) is 2.72. The third kappa shape index (κ3) is 4.05. The van der Waals surface area contributed by atoms with Crippen LogP contribution in [-0.2, 0) is 5.75 Å². The first-order valence-electron chi connectivity index (χ1n) is 7.91. The van der Waals surface area contributed by atoms with Crippen LogP contribution in [0.3, 0.4) is 0 Å². The molecule has 6 nitrogen and oxygen atoms in total. The molecule has 7 heteroatoms. The maximum atomic E-state index is 5.39. The summed E-state index contributed by atoms with van der Waals surface area (Å²) in [4.78, 5) is 4.02. The van der Waals surface area contributed by atoms with Gasteiger partial charge in [-0.15, -0.1) is 10.2 Å². The van der Waals surface area contributed by atoms with Gasteiger partial charge in [0.25, 0.3) is 0 Å². The van der Waals surface area contributed by atoms with Crippen molar-refractivity contribution in [1.82, 2.24) is 15.2 Å². The predicted octanol–water partition coefficient (Wildman–Crippen LogP) is 3.86. The summed E-state index contributed by atoms with van der Waals surface area (Å²) in [5, 5.41) is 9.50. The molecule has 0 aliphatic rings. The Hall–Kier alpha value is -2.80. The number of thioether (sulfide) groups is 1. The Morgan fingerprint density at radius 3 is 2.08 bits per heavy atom. The van der Waals surface area contributed by atoms with Gasteiger partial charge < -0.3 is 14.2 Å². The fourth-order valence-electron chi connectivity index (χ4n) is 2.42. The molecule has 3 rings (SSSR count). The Kier molecular flexibility index (Phi) is 5.91. The van der Waals surface area contributed by atoms with Crippen molar-refractivity contribution in [2.45, 2.75) is 10.8 Å². The monoisotopic (exact) mass is 369 g/mol. The number of ether oxygens (including phenoxy) is 3. The van der Waals surface area contributed by atoms with Gasteiger partial charge >= 0.3 is 0 Å². The van der Waals surface area contributed by atoms with Gasteiger partial charge in [-0.05, 0) is 42.0 Å². The maximum absolute atomic E-state index is 5.39. The summed E-state index contributed by atoms with van der Waals surface area (Å²) in [6.07, 6.45) is 3.57. The Balaban J connectivity index is 1.80. The maximum Gasteiger partial charge on any atom is 0.203 e. The third-order valence-electron chi connectivity index (χ3n) is 3.74. The number of nitrogens with zero attached hydrogens (tertiary/aromatic N) is 3. The Bertz CT molecular complexity index is 833. The SMILES string of the molecule is COc1cc(-c2ccc(SCc3ccncc3)nn2)cc(OC)c1OC. The largest absolute Gasteiger partial charge is 0.493 e. The molecule has 26 heavy (non-hydrogen) atoms. The lowest BCUT2D eigenvalue weighted by atomic mass is 10.1. The van der Waals surface area contributed by atoms with Crippen LogP contribution in [-0.4, -0.2) is 36.5 Å². The van der Waals surface area contributed by atoms with E-state index in [1.165, 1.54) is 5.56 Å². The van der Waals surface area contributed by atoms with Gasteiger partial charge in [0.05, 0.1) is 27.0 Å². The molecule has 0 atom stereocenters. The summed E-state index contributed by atoms with van der Waals surface area (Å²) in [6, 6.07) is 11.6. The molecule has 0 fully saturated rings. The first-order chi connectivity index (χ1) is 12.7. The normalized spacial score (nSPS) is 10.4. The first kappa shape index (κ1) is 18.0.